The zero-order valence-corrected chi connectivity index (χ0v) is 10.7. The molecule has 0 atom stereocenters. The number of nitrogens with zero attached hydrogens (tertiary/aromatic N) is 1. The molecule has 0 saturated heterocycles. The summed E-state index contributed by atoms with van der Waals surface area (Å²) in [6.07, 6.45) is -2.82. The van der Waals surface area contributed by atoms with Crippen LogP contribution in [0.1, 0.15) is 11.1 Å². The van der Waals surface area contributed by atoms with E-state index in [1.54, 1.807) is 17.6 Å². The van der Waals surface area contributed by atoms with E-state index in [-0.39, 0.29) is 11.4 Å². The maximum atomic E-state index is 12.9. The normalized spacial score (nSPS) is 11.8. The number of hydrogen-bond acceptors (Lipinski definition) is 4. The molecule has 2 rings (SSSR count). The first-order valence-electron chi connectivity index (χ1n) is 4.98. The van der Waals surface area contributed by atoms with Gasteiger partial charge in [-0.15, -0.1) is 11.3 Å². The second kappa shape index (κ2) is 5.29. The third-order valence-corrected chi connectivity index (χ3v) is 4.15. The first-order chi connectivity index (χ1) is 8.50. The maximum Gasteiger partial charge on any atom is 0.417 e. The third kappa shape index (κ3) is 3.04. The molecule has 0 aliphatic carbocycles. The largest absolute Gasteiger partial charge is 0.417 e. The minimum Gasteiger partial charge on any atom is -0.326 e. The van der Waals surface area contributed by atoms with Gasteiger partial charge in [0.1, 0.15) is 0 Å². The van der Waals surface area contributed by atoms with Crippen LogP contribution in [0.5, 0.6) is 0 Å². The van der Waals surface area contributed by atoms with Gasteiger partial charge < -0.3 is 5.73 Å². The molecule has 0 spiro atoms. The molecule has 0 amide bonds. The van der Waals surface area contributed by atoms with E-state index in [1.807, 2.05) is 0 Å². The molecule has 7 heteroatoms. The molecule has 18 heavy (non-hydrogen) atoms. The Hall–Kier alpha value is -1.05. The zero-order valence-electron chi connectivity index (χ0n) is 9.07. The van der Waals surface area contributed by atoms with Crippen molar-refractivity contribution in [1.29, 1.82) is 0 Å². The number of alkyl halides is 3. The van der Waals surface area contributed by atoms with E-state index in [2.05, 4.69) is 4.98 Å². The Morgan fingerprint density at radius 3 is 2.67 bits per heavy atom. The van der Waals surface area contributed by atoms with Crippen LogP contribution in [0.4, 0.5) is 13.2 Å². The van der Waals surface area contributed by atoms with Crippen molar-refractivity contribution in [2.75, 3.05) is 0 Å². The predicted molar refractivity (Wildman–Crippen MR) is 65.6 cm³/mol. The summed E-state index contributed by atoms with van der Waals surface area (Å²) in [6.45, 7) is 0.0886. The monoisotopic (exact) mass is 290 g/mol. The molecule has 0 fully saturated rings. The van der Waals surface area contributed by atoms with Crippen LogP contribution >= 0.6 is 23.1 Å². The van der Waals surface area contributed by atoms with Crippen molar-refractivity contribution in [2.24, 2.45) is 5.73 Å². The van der Waals surface area contributed by atoms with E-state index in [9.17, 15) is 13.2 Å². The van der Waals surface area contributed by atoms with Crippen LogP contribution in [0.15, 0.2) is 39.0 Å². The van der Waals surface area contributed by atoms with Crippen molar-refractivity contribution in [2.45, 2.75) is 22.0 Å². The Kier molecular flexibility index (Phi) is 3.94. The van der Waals surface area contributed by atoms with Crippen LogP contribution in [0.2, 0.25) is 0 Å². The van der Waals surface area contributed by atoms with Gasteiger partial charge in [-0.3, -0.25) is 0 Å². The van der Waals surface area contributed by atoms with Gasteiger partial charge in [0.15, 0.2) is 4.34 Å². The summed E-state index contributed by atoms with van der Waals surface area (Å²) in [5, 5.41) is 1.73. The first kappa shape index (κ1) is 13.4. The molecule has 2 N–H and O–H groups in total. The highest BCUT2D eigenvalue weighted by Gasteiger charge is 2.34. The summed E-state index contributed by atoms with van der Waals surface area (Å²) in [5.74, 6) is 0. The van der Waals surface area contributed by atoms with Crippen LogP contribution in [-0.2, 0) is 12.7 Å². The highest BCUT2D eigenvalue weighted by Crippen LogP contribution is 2.40. The summed E-state index contributed by atoms with van der Waals surface area (Å²) in [6, 6.07) is 4.14. The number of thiazole rings is 1. The molecule has 96 valence electrons. The topological polar surface area (TPSA) is 38.9 Å². The SMILES string of the molecule is NCc1ccc(Sc2nccs2)c(C(F)(F)F)c1. The van der Waals surface area contributed by atoms with Crippen LogP contribution in [0, 0.1) is 0 Å². The number of rotatable bonds is 3. The Morgan fingerprint density at radius 2 is 2.11 bits per heavy atom. The number of hydrogen-bond donors (Lipinski definition) is 1. The highest BCUT2D eigenvalue weighted by molar-refractivity contribution is 8.01. The Morgan fingerprint density at radius 1 is 1.33 bits per heavy atom. The summed E-state index contributed by atoms with van der Waals surface area (Å²) in [4.78, 5) is 4.11. The molecular formula is C11H9F3N2S2. The van der Waals surface area contributed by atoms with Crippen LogP contribution in [0.25, 0.3) is 0 Å². The average molecular weight is 290 g/mol. The number of benzene rings is 1. The molecule has 2 nitrogen and oxygen atoms in total. The maximum absolute atomic E-state index is 12.9. The van der Waals surface area contributed by atoms with Crippen molar-refractivity contribution in [3.8, 4) is 0 Å². The molecule has 0 bridgehead atoms. The second-order valence-electron chi connectivity index (χ2n) is 3.43. The second-order valence-corrected chi connectivity index (χ2v) is 5.62. The summed E-state index contributed by atoms with van der Waals surface area (Å²) >= 11 is 2.32. The standard InChI is InChI=1S/C11H9F3N2S2/c12-11(13,14)8-5-7(6-15)1-2-9(8)18-10-16-3-4-17-10/h1-5H,6,15H2. The van der Waals surface area contributed by atoms with Crippen molar-refractivity contribution in [3.05, 3.63) is 40.9 Å². The molecule has 2 aromatic rings. The van der Waals surface area contributed by atoms with Crippen LogP contribution in [-0.4, -0.2) is 4.98 Å². The smallest absolute Gasteiger partial charge is 0.326 e. The van der Waals surface area contributed by atoms with E-state index in [0.717, 1.165) is 17.8 Å². The fourth-order valence-corrected chi connectivity index (χ4v) is 3.08. The molecule has 0 unspecified atom stereocenters. The fourth-order valence-electron chi connectivity index (χ4n) is 1.37. The van der Waals surface area contributed by atoms with Gasteiger partial charge in [0, 0.05) is 23.0 Å². The van der Waals surface area contributed by atoms with Crippen LogP contribution < -0.4 is 5.73 Å². The lowest BCUT2D eigenvalue weighted by molar-refractivity contribution is -0.139. The van der Waals surface area contributed by atoms with E-state index >= 15 is 0 Å². The summed E-state index contributed by atoms with van der Waals surface area (Å²) in [5.41, 5.74) is 5.17. The highest BCUT2D eigenvalue weighted by atomic mass is 32.2. The first-order valence-corrected chi connectivity index (χ1v) is 6.68. The lowest BCUT2D eigenvalue weighted by atomic mass is 10.1. The van der Waals surface area contributed by atoms with E-state index in [4.69, 9.17) is 5.73 Å². The minimum absolute atomic E-state index is 0.0886. The van der Waals surface area contributed by atoms with Gasteiger partial charge in [-0.1, -0.05) is 17.8 Å². The number of aromatic nitrogens is 1. The molecule has 0 radical (unpaired) electrons. The van der Waals surface area contributed by atoms with Gasteiger partial charge in [-0.05, 0) is 17.7 Å². The molecular weight excluding hydrogens is 281 g/mol. The summed E-state index contributed by atoms with van der Waals surface area (Å²) in [7, 11) is 0. The van der Waals surface area contributed by atoms with E-state index < -0.39 is 11.7 Å². The Labute approximate surface area is 110 Å². The molecule has 0 aliphatic rings. The predicted octanol–water partition coefficient (Wildman–Crippen LogP) is 3.77. The fraction of sp³-hybridized carbons (Fsp3) is 0.182. The van der Waals surface area contributed by atoms with E-state index in [1.165, 1.54) is 17.4 Å². The van der Waals surface area contributed by atoms with E-state index in [0.29, 0.717) is 9.90 Å². The van der Waals surface area contributed by atoms with Crippen molar-refractivity contribution >= 4 is 23.1 Å². The lowest BCUT2D eigenvalue weighted by Crippen LogP contribution is -2.08. The number of halogens is 3. The average Bonchev–Trinajstić information content (AvgIpc) is 2.81. The van der Waals surface area contributed by atoms with Gasteiger partial charge in [-0.2, -0.15) is 13.2 Å². The molecule has 1 aromatic heterocycles. The van der Waals surface area contributed by atoms with Gasteiger partial charge in [0.05, 0.1) is 5.56 Å². The van der Waals surface area contributed by atoms with Gasteiger partial charge in [0.25, 0.3) is 0 Å². The van der Waals surface area contributed by atoms with Crippen molar-refractivity contribution in [3.63, 3.8) is 0 Å². The summed E-state index contributed by atoms with van der Waals surface area (Å²) < 4.78 is 39.4. The van der Waals surface area contributed by atoms with Gasteiger partial charge >= 0.3 is 6.18 Å². The minimum atomic E-state index is -4.38. The molecule has 1 aromatic carbocycles. The van der Waals surface area contributed by atoms with Crippen molar-refractivity contribution in [1.82, 2.24) is 4.98 Å². The lowest BCUT2D eigenvalue weighted by Gasteiger charge is -2.12. The van der Waals surface area contributed by atoms with Gasteiger partial charge in [-0.25, -0.2) is 4.98 Å². The Balaban J connectivity index is 2.40. The van der Waals surface area contributed by atoms with Gasteiger partial charge in [0.2, 0.25) is 0 Å². The van der Waals surface area contributed by atoms with Crippen molar-refractivity contribution < 1.29 is 13.2 Å². The number of nitrogens with two attached hydrogens (primary N) is 1. The molecule has 0 saturated carbocycles. The molecule has 0 aliphatic heterocycles. The molecule has 1 heterocycles. The Bertz CT molecular complexity index is 524. The zero-order chi connectivity index (χ0) is 13.2. The third-order valence-electron chi connectivity index (χ3n) is 2.19. The quantitative estimate of drug-likeness (QED) is 0.935. The van der Waals surface area contributed by atoms with Crippen LogP contribution in [0.3, 0.4) is 0 Å².